The van der Waals surface area contributed by atoms with Gasteiger partial charge in [0.1, 0.15) is 11.1 Å². The molecule has 1 aliphatic rings. The molecule has 0 fully saturated rings. The number of benzene rings is 1. The Morgan fingerprint density at radius 2 is 2.06 bits per heavy atom. The van der Waals surface area contributed by atoms with Crippen molar-refractivity contribution in [3.05, 3.63) is 64.3 Å². The topological polar surface area (TPSA) is 74.0 Å². The predicted octanol–water partition coefficient (Wildman–Crippen LogP) is 4.53. The van der Waals surface area contributed by atoms with Crippen LogP contribution in [0, 0.1) is 11.3 Å². The highest BCUT2D eigenvalue weighted by Crippen LogP contribution is 2.37. The summed E-state index contributed by atoms with van der Waals surface area (Å²) < 4.78 is 1.84. The fourth-order valence-corrected chi connectivity index (χ4v) is 5.20. The van der Waals surface area contributed by atoms with Crippen LogP contribution in [0.5, 0.6) is 0 Å². The van der Waals surface area contributed by atoms with E-state index in [1.165, 1.54) is 11.3 Å². The summed E-state index contributed by atoms with van der Waals surface area (Å²) in [4.78, 5) is 16.2. The lowest BCUT2D eigenvalue weighted by molar-refractivity contribution is -0.120. The molecule has 1 aromatic carbocycles. The van der Waals surface area contributed by atoms with Crippen molar-refractivity contribution in [2.75, 3.05) is 12.4 Å². The van der Waals surface area contributed by atoms with E-state index < -0.39 is 0 Å². The second-order valence-corrected chi connectivity index (χ2v) is 9.19. The van der Waals surface area contributed by atoms with Crippen LogP contribution in [0.4, 0.5) is 5.00 Å². The number of nitrogens with zero attached hydrogens (tertiary/aromatic N) is 4. The Kier molecular flexibility index (Phi) is 6.50. The van der Waals surface area contributed by atoms with Crippen molar-refractivity contribution in [2.45, 2.75) is 51.6 Å². The summed E-state index contributed by atoms with van der Waals surface area (Å²) in [6, 6.07) is 11.9. The van der Waals surface area contributed by atoms with E-state index in [-0.39, 0.29) is 11.9 Å². The minimum absolute atomic E-state index is 0.0918. The van der Waals surface area contributed by atoms with Crippen molar-refractivity contribution in [2.24, 2.45) is 0 Å². The monoisotopic (exact) mass is 433 g/mol. The second-order valence-electron chi connectivity index (χ2n) is 8.09. The Labute approximate surface area is 187 Å². The number of aromatic nitrogens is 2. The predicted molar refractivity (Wildman–Crippen MR) is 123 cm³/mol. The Bertz CT molecular complexity index is 1100. The highest BCUT2D eigenvalue weighted by molar-refractivity contribution is 7.16. The molecule has 6 nitrogen and oxygen atoms in total. The molecule has 0 unspecified atom stereocenters. The van der Waals surface area contributed by atoms with E-state index in [0.29, 0.717) is 17.1 Å². The fourth-order valence-electron chi connectivity index (χ4n) is 3.95. The third-order valence-electron chi connectivity index (χ3n) is 5.90. The van der Waals surface area contributed by atoms with Gasteiger partial charge in [-0.05, 0) is 57.4 Å². The molecule has 1 atom stereocenters. The number of nitrogens with one attached hydrogen (secondary N) is 1. The second kappa shape index (κ2) is 9.46. The van der Waals surface area contributed by atoms with Gasteiger partial charge in [0.2, 0.25) is 5.91 Å². The number of fused-ring (bicyclic) bond motifs is 1. The van der Waals surface area contributed by atoms with Crippen LogP contribution in [0.25, 0.3) is 5.69 Å². The molecule has 31 heavy (non-hydrogen) atoms. The average molecular weight is 434 g/mol. The molecule has 1 amide bonds. The number of likely N-dealkylation sites (N-methyl/N-ethyl adjacent to an activating group) is 1. The van der Waals surface area contributed by atoms with Crippen LogP contribution < -0.4 is 5.32 Å². The minimum atomic E-state index is -0.339. The fraction of sp³-hybridized carbons (Fsp3) is 0.375. The zero-order valence-corrected chi connectivity index (χ0v) is 18.8. The van der Waals surface area contributed by atoms with Gasteiger partial charge in [0.05, 0.1) is 23.5 Å². The van der Waals surface area contributed by atoms with Crippen LogP contribution in [0.2, 0.25) is 0 Å². The zero-order chi connectivity index (χ0) is 21.8. The number of thiophene rings is 1. The molecule has 1 aliphatic carbocycles. The van der Waals surface area contributed by atoms with Crippen molar-refractivity contribution in [3.8, 4) is 11.8 Å². The molecule has 0 radical (unpaired) electrons. The summed E-state index contributed by atoms with van der Waals surface area (Å²) in [7, 11) is 1.93. The maximum absolute atomic E-state index is 12.9. The lowest BCUT2D eigenvalue weighted by atomic mass is 10.1. The number of rotatable bonds is 6. The van der Waals surface area contributed by atoms with E-state index in [1.54, 1.807) is 11.3 Å². The van der Waals surface area contributed by atoms with Crippen LogP contribution in [0.3, 0.4) is 0 Å². The van der Waals surface area contributed by atoms with E-state index in [2.05, 4.69) is 16.5 Å². The van der Waals surface area contributed by atoms with Gasteiger partial charge in [-0.1, -0.05) is 24.6 Å². The minimum Gasteiger partial charge on any atom is -0.315 e. The van der Waals surface area contributed by atoms with Gasteiger partial charge in [-0.2, -0.15) is 10.4 Å². The van der Waals surface area contributed by atoms with E-state index in [4.69, 9.17) is 0 Å². The summed E-state index contributed by atoms with van der Waals surface area (Å²) in [5.41, 5.74) is 3.85. The van der Waals surface area contributed by atoms with Crippen molar-refractivity contribution in [1.29, 1.82) is 5.26 Å². The molecule has 4 rings (SSSR count). The van der Waals surface area contributed by atoms with Gasteiger partial charge in [-0.25, -0.2) is 4.68 Å². The Morgan fingerprint density at radius 1 is 1.29 bits per heavy atom. The highest BCUT2D eigenvalue weighted by Gasteiger charge is 2.24. The number of carbonyl (C=O) groups is 1. The number of aryl methyl sites for hydroxylation is 1. The largest absolute Gasteiger partial charge is 0.315 e. The first-order valence-corrected chi connectivity index (χ1v) is 11.5. The molecule has 3 aromatic rings. The zero-order valence-electron chi connectivity index (χ0n) is 18.0. The SMILES string of the molecule is C[C@H](C(=O)Nc1sc2c(c1C#N)CCCCC2)N(C)Cc1cnn(-c2ccccc2)c1. The van der Waals surface area contributed by atoms with Crippen LogP contribution >= 0.6 is 11.3 Å². The Morgan fingerprint density at radius 3 is 2.84 bits per heavy atom. The van der Waals surface area contributed by atoms with E-state index in [0.717, 1.165) is 42.5 Å². The molecule has 2 aromatic heterocycles. The normalized spacial score (nSPS) is 14.5. The number of para-hydroxylation sites is 1. The number of hydrogen-bond donors (Lipinski definition) is 1. The first kappa shape index (κ1) is 21.3. The lowest BCUT2D eigenvalue weighted by Crippen LogP contribution is -2.39. The third kappa shape index (κ3) is 4.71. The van der Waals surface area contributed by atoms with Gasteiger partial charge in [-0.3, -0.25) is 9.69 Å². The highest BCUT2D eigenvalue weighted by atomic mass is 32.1. The number of hydrogen-bond acceptors (Lipinski definition) is 5. The van der Waals surface area contributed by atoms with E-state index in [1.807, 2.05) is 66.3 Å². The summed E-state index contributed by atoms with van der Waals surface area (Å²) in [5, 5.41) is 17.9. The van der Waals surface area contributed by atoms with Crippen LogP contribution in [-0.4, -0.2) is 33.7 Å². The lowest BCUT2D eigenvalue weighted by Gasteiger charge is -2.23. The molecule has 0 saturated heterocycles. The molecule has 0 aliphatic heterocycles. The Balaban J connectivity index is 1.42. The van der Waals surface area contributed by atoms with Gasteiger partial charge in [0.25, 0.3) is 0 Å². The smallest absolute Gasteiger partial charge is 0.242 e. The molecule has 7 heteroatoms. The average Bonchev–Trinajstić information content (AvgIpc) is 3.30. The van der Waals surface area contributed by atoms with Crippen LogP contribution in [0.15, 0.2) is 42.7 Å². The van der Waals surface area contributed by atoms with Gasteiger partial charge in [-0.15, -0.1) is 11.3 Å². The maximum atomic E-state index is 12.9. The summed E-state index contributed by atoms with van der Waals surface area (Å²) in [6.45, 7) is 2.50. The van der Waals surface area contributed by atoms with Gasteiger partial charge >= 0.3 is 0 Å². The summed E-state index contributed by atoms with van der Waals surface area (Å²) in [6.07, 6.45) is 9.23. The van der Waals surface area contributed by atoms with Crippen molar-refractivity contribution < 1.29 is 4.79 Å². The van der Waals surface area contributed by atoms with E-state index in [9.17, 15) is 10.1 Å². The van der Waals surface area contributed by atoms with Crippen molar-refractivity contribution >= 4 is 22.2 Å². The van der Waals surface area contributed by atoms with Crippen molar-refractivity contribution in [1.82, 2.24) is 14.7 Å². The molecule has 160 valence electrons. The van der Waals surface area contributed by atoms with Crippen LogP contribution in [-0.2, 0) is 24.2 Å². The summed E-state index contributed by atoms with van der Waals surface area (Å²) in [5.74, 6) is -0.0918. The molecule has 0 bridgehead atoms. The van der Waals surface area contributed by atoms with Crippen molar-refractivity contribution in [3.63, 3.8) is 0 Å². The molecule has 2 heterocycles. The molecular formula is C24H27N5OS. The molecule has 0 spiro atoms. The number of anilines is 1. The van der Waals surface area contributed by atoms with Crippen LogP contribution in [0.1, 0.15) is 47.8 Å². The quantitative estimate of drug-likeness (QED) is 0.580. The van der Waals surface area contributed by atoms with Gasteiger partial charge in [0, 0.05) is 23.2 Å². The third-order valence-corrected chi connectivity index (χ3v) is 7.11. The Hall–Kier alpha value is -2.95. The number of carbonyl (C=O) groups excluding carboxylic acids is 1. The first-order valence-electron chi connectivity index (χ1n) is 10.7. The maximum Gasteiger partial charge on any atom is 0.242 e. The number of amides is 1. The van der Waals surface area contributed by atoms with E-state index >= 15 is 0 Å². The standard InChI is InChI=1S/C24H27N5OS/c1-17(28(2)15-18-14-26-29(16-18)19-9-5-3-6-10-19)23(30)27-24-21(13-25)20-11-7-4-8-12-22(20)31-24/h3,5-6,9-10,14,16-17H,4,7-8,11-12,15H2,1-2H3,(H,27,30)/t17-/m1/s1. The first-order chi connectivity index (χ1) is 15.1. The molecular weight excluding hydrogens is 406 g/mol. The molecule has 1 N–H and O–H groups in total. The van der Waals surface area contributed by atoms with Gasteiger partial charge < -0.3 is 5.32 Å². The van der Waals surface area contributed by atoms with Gasteiger partial charge in [0.15, 0.2) is 0 Å². The summed E-state index contributed by atoms with van der Waals surface area (Å²) >= 11 is 1.58. The molecule has 0 saturated carbocycles. The number of nitriles is 1.